The molecule has 170 valence electrons. The van der Waals surface area contributed by atoms with E-state index in [1.165, 1.54) is 4.90 Å². The number of rotatable bonds is 4. The Bertz CT molecular complexity index is 1090. The van der Waals surface area contributed by atoms with E-state index in [9.17, 15) is 19.2 Å². The molecule has 0 spiro atoms. The van der Waals surface area contributed by atoms with Gasteiger partial charge in [-0.3, -0.25) is 24.1 Å². The maximum absolute atomic E-state index is 12.8. The largest absolute Gasteiger partial charge is 0.426 e. The Morgan fingerprint density at radius 1 is 0.848 bits per heavy atom. The minimum atomic E-state index is -0.564. The number of imide groups is 1. The van der Waals surface area contributed by atoms with Crippen LogP contribution < -0.4 is 14.5 Å². The number of carbonyl (C=O) groups is 4. The predicted molar refractivity (Wildman–Crippen MR) is 125 cm³/mol. The van der Waals surface area contributed by atoms with Gasteiger partial charge in [0.05, 0.1) is 23.4 Å². The van der Waals surface area contributed by atoms with Crippen LogP contribution in [0.1, 0.15) is 32.1 Å². The fraction of sp³-hybridized carbons (Fsp3) is 0.360. The summed E-state index contributed by atoms with van der Waals surface area (Å²) in [5, 5.41) is 0. The molecule has 0 N–H and O–H groups in total. The molecule has 0 radical (unpaired) electrons. The molecule has 33 heavy (non-hydrogen) atoms. The number of nitrogens with zero attached hydrogens (tertiary/aromatic N) is 2. The van der Waals surface area contributed by atoms with Crippen LogP contribution in [-0.4, -0.2) is 30.2 Å². The van der Waals surface area contributed by atoms with Crippen LogP contribution in [0.2, 0.25) is 0 Å². The molecule has 1 aliphatic carbocycles. The molecule has 2 heterocycles. The number of ether oxygens (including phenoxy) is 1. The van der Waals surface area contributed by atoms with Gasteiger partial charge in [-0.25, -0.2) is 0 Å². The zero-order valence-electron chi connectivity index (χ0n) is 17.9. The van der Waals surface area contributed by atoms with Crippen LogP contribution in [0.15, 0.2) is 53.0 Å². The van der Waals surface area contributed by atoms with Gasteiger partial charge in [-0.15, -0.1) is 0 Å². The van der Waals surface area contributed by atoms with Crippen LogP contribution in [0, 0.1) is 17.8 Å². The summed E-state index contributed by atoms with van der Waals surface area (Å²) in [6.07, 6.45) is 3.57. The standard InChI is InChI=1S/C25H23BrN2O5/c26-16-5-7-17(8-6-16)27-14-15(13-22(27)29)25(32)33-19-11-9-18(10-12-19)28-23(30)20-3-1-2-4-21(20)24(28)31/h5-12,15,20-21H,1-4,13-14H2/t15-,20+,21+/m0/s1. The average Bonchev–Trinajstić information content (AvgIpc) is 3.33. The second-order valence-electron chi connectivity index (χ2n) is 8.81. The first kappa shape index (κ1) is 21.8. The van der Waals surface area contributed by atoms with Gasteiger partial charge in [0.2, 0.25) is 17.7 Å². The van der Waals surface area contributed by atoms with Crippen molar-refractivity contribution in [2.45, 2.75) is 32.1 Å². The number of benzene rings is 2. The van der Waals surface area contributed by atoms with Crippen molar-refractivity contribution in [1.82, 2.24) is 0 Å². The second kappa shape index (κ2) is 8.74. The van der Waals surface area contributed by atoms with Gasteiger partial charge in [0, 0.05) is 23.1 Å². The number of anilines is 2. The number of fused-ring (bicyclic) bond motifs is 1. The summed E-state index contributed by atoms with van der Waals surface area (Å²) in [6, 6.07) is 13.8. The highest BCUT2D eigenvalue weighted by atomic mass is 79.9. The van der Waals surface area contributed by atoms with E-state index in [-0.39, 0.29) is 42.5 Å². The average molecular weight is 511 g/mol. The van der Waals surface area contributed by atoms with Crippen LogP contribution in [0.4, 0.5) is 11.4 Å². The van der Waals surface area contributed by atoms with E-state index < -0.39 is 11.9 Å². The summed E-state index contributed by atoms with van der Waals surface area (Å²) >= 11 is 3.37. The molecule has 2 aliphatic heterocycles. The monoisotopic (exact) mass is 510 g/mol. The van der Waals surface area contributed by atoms with Crippen molar-refractivity contribution >= 4 is 51.0 Å². The highest BCUT2D eigenvalue weighted by Crippen LogP contribution is 2.40. The molecule has 0 aromatic heterocycles. The fourth-order valence-electron chi connectivity index (χ4n) is 5.02. The van der Waals surface area contributed by atoms with Gasteiger partial charge < -0.3 is 9.64 Å². The summed E-state index contributed by atoms with van der Waals surface area (Å²) in [4.78, 5) is 53.5. The minimum Gasteiger partial charge on any atom is -0.426 e. The number of hydrogen-bond donors (Lipinski definition) is 0. The zero-order valence-corrected chi connectivity index (χ0v) is 19.5. The van der Waals surface area contributed by atoms with Crippen LogP contribution in [0.5, 0.6) is 5.75 Å². The number of esters is 1. The Hall–Kier alpha value is -3.00. The van der Waals surface area contributed by atoms with E-state index in [2.05, 4.69) is 15.9 Å². The number of halogens is 1. The maximum atomic E-state index is 12.8. The fourth-order valence-corrected chi connectivity index (χ4v) is 5.28. The highest BCUT2D eigenvalue weighted by molar-refractivity contribution is 9.10. The van der Waals surface area contributed by atoms with Crippen molar-refractivity contribution in [1.29, 1.82) is 0 Å². The maximum Gasteiger partial charge on any atom is 0.316 e. The van der Waals surface area contributed by atoms with Crippen LogP contribution >= 0.6 is 15.9 Å². The molecule has 5 rings (SSSR count). The third-order valence-electron chi connectivity index (χ3n) is 6.75. The SMILES string of the molecule is O=C(Oc1ccc(N2C(=O)[C@@H]3CCCC[C@H]3C2=O)cc1)[C@H]1CC(=O)N(c2ccc(Br)cc2)C1. The van der Waals surface area contributed by atoms with Crippen molar-refractivity contribution < 1.29 is 23.9 Å². The van der Waals surface area contributed by atoms with Gasteiger partial charge in [-0.2, -0.15) is 0 Å². The van der Waals surface area contributed by atoms with E-state index in [1.54, 1.807) is 29.2 Å². The molecule has 2 saturated heterocycles. The molecule has 0 unspecified atom stereocenters. The third kappa shape index (κ3) is 4.08. The molecule has 3 atom stereocenters. The van der Waals surface area contributed by atoms with Gasteiger partial charge in [0.25, 0.3) is 0 Å². The van der Waals surface area contributed by atoms with Gasteiger partial charge in [-0.1, -0.05) is 28.8 Å². The molecule has 2 aromatic rings. The van der Waals surface area contributed by atoms with Crippen molar-refractivity contribution in [2.75, 3.05) is 16.3 Å². The molecule has 7 nitrogen and oxygen atoms in total. The molecule has 3 amide bonds. The van der Waals surface area contributed by atoms with E-state index in [0.29, 0.717) is 11.4 Å². The highest BCUT2D eigenvalue weighted by Gasteiger charge is 2.48. The quantitative estimate of drug-likeness (QED) is 0.351. The molecule has 3 aliphatic rings. The minimum absolute atomic E-state index is 0.0898. The predicted octanol–water partition coefficient (Wildman–Crippen LogP) is 4.09. The smallest absolute Gasteiger partial charge is 0.316 e. The number of hydrogen-bond acceptors (Lipinski definition) is 5. The molecule has 8 heteroatoms. The Balaban J connectivity index is 1.24. The van der Waals surface area contributed by atoms with Crippen molar-refractivity contribution in [3.63, 3.8) is 0 Å². The van der Waals surface area contributed by atoms with Crippen LogP contribution in [0.25, 0.3) is 0 Å². The molecule has 1 saturated carbocycles. The van der Waals surface area contributed by atoms with E-state index in [4.69, 9.17) is 4.74 Å². The van der Waals surface area contributed by atoms with Gasteiger partial charge in [-0.05, 0) is 61.4 Å². The second-order valence-corrected chi connectivity index (χ2v) is 9.72. The lowest BCUT2D eigenvalue weighted by Gasteiger charge is -2.19. The summed E-state index contributed by atoms with van der Waals surface area (Å²) in [5.41, 5.74) is 1.24. The lowest BCUT2D eigenvalue weighted by atomic mass is 9.81. The number of carbonyl (C=O) groups excluding carboxylic acids is 4. The van der Waals surface area contributed by atoms with Crippen LogP contribution in [-0.2, 0) is 19.2 Å². The van der Waals surface area contributed by atoms with Crippen molar-refractivity contribution in [2.24, 2.45) is 17.8 Å². The molecule has 3 fully saturated rings. The number of amides is 3. The van der Waals surface area contributed by atoms with Crippen molar-refractivity contribution in [3.8, 4) is 5.75 Å². The Kier molecular flexibility index (Phi) is 5.78. The Morgan fingerprint density at radius 2 is 1.42 bits per heavy atom. The third-order valence-corrected chi connectivity index (χ3v) is 7.28. The first-order valence-corrected chi connectivity index (χ1v) is 12.0. The topological polar surface area (TPSA) is 84.0 Å². The van der Waals surface area contributed by atoms with Gasteiger partial charge >= 0.3 is 5.97 Å². The van der Waals surface area contributed by atoms with Crippen LogP contribution in [0.3, 0.4) is 0 Å². The molecule has 0 bridgehead atoms. The first-order chi connectivity index (χ1) is 15.9. The molecule has 2 aromatic carbocycles. The lowest BCUT2D eigenvalue weighted by Crippen LogP contribution is -2.30. The summed E-state index contributed by atoms with van der Waals surface area (Å²) in [7, 11) is 0. The van der Waals surface area contributed by atoms with Gasteiger partial charge in [0.1, 0.15) is 5.75 Å². The van der Waals surface area contributed by atoms with Crippen molar-refractivity contribution in [3.05, 3.63) is 53.0 Å². The molecular weight excluding hydrogens is 488 g/mol. The normalized spacial score (nSPS) is 24.9. The lowest BCUT2D eigenvalue weighted by molar-refractivity contribution is -0.139. The first-order valence-electron chi connectivity index (χ1n) is 11.2. The van der Waals surface area contributed by atoms with Gasteiger partial charge in [0.15, 0.2) is 0 Å². The van der Waals surface area contributed by atoms with E-state index >= 15 is 0 Å². The van der Waals surface area contributed by atoms with E-state index in [1.807, 2.05) is 24.3 Å². The summed E-state index contributed by atoms with van der Waals surface area (Å²) in [6.45, 7) is 0.261. The molecular formula is C25H23BrN2O5. The zero-order chi connectivity index (χ0) is 23.1. The Labute approximate surface area is 199 Å². The summed E-state index contributed by atoms with van der Waals surface area (Å²) < 4.78 is 6.41. The van der Waals surface area contributed by atoms with E-state index in [0.717, 1.165) is 35.8 Å². The summed E-state index contributed by atoms with van der Waals surface area (Å²) in [5.74, 6) is -1.54. The Morgan fingerprint density at radius 3 is 2.03 bits per heavy atom.